The van der Waals surface area contributed by atoms with E-state index in [4.69, 9.17) is 0 Å². The van der Waals surface area contributed by atoms with Crippen LogP contribution in [-0.2, 0) is 22.6 Å². The zero-order chi connectivity index (χ0) is 17.4. The van der Waals surface area contributed by atoms with E-state index in [1.54, 1.807) is 11.9 Å². The minimum absolute atomic E-state index is 0.0989. The minimum Gasteiger partial charge on any atom is -0.334 e. The maximum absolute atomic E-state index is 12.7. The molecular weight excluding hydrogens is 332 g/mol. The number of anilines is 1. The van der Waals surface area contributed by atoms with Crippen LogP contribution >= 0.6 is 11.8 Å². The minimum atomic E-state index is -0.130. The van der Waals surface area contributed by atoms with Crippen LogP contribution in [0.4, 0.5) is 5.69 Å². The van der Waals surface area contributed by atoms with E-state index in [0.717, 1.165) is 17.0 Å². The highest BCUT2D eigenvalue weighted by molar-refractivity contribution is 8.04. The molecule has 2 heterocycles. The molecule has 0 saturated heterocycles. The van der Waals surface area contributed by atoms with Crippen molar-refractivity contribution in [3.05, 3.63) is 70.6 Å². The van der Waals surface area contributed by atoms with E-state index in [1.807, 2.05) is 41.3 Å². The van der Waals surface area contributed by atoms with Crippen molar-refractivity contribution >= 4 is 29.3 Å². The molecule has 126 valence electrons. The molecule has 0 fully saturated rings. The molecule has 0 aliphatic carbocycles. The van der Waals surface area contributed by atoms with E-state index in [-0.39, 0.29) is 11.8 Å². The fourth-order valence-corrected chi connectivity index (χ4v) is 4.31. The number of nitrogens with zero attached hydrogens (tertiary/aromatic N) is 2. The number of amides is 2. The summed E-state index contributed by atoms with van der Waals surface area (Å²) in [5.74, 6) is -0.229. The van der Waals surface area contributed by atoms with Gasteiger partial charge >= 0.3 is 0 Å². The second kappa shape index (κ2) is 6.41. The van der Waals surface area contributed by atoms with E-state index in [1.165, 1.54) is 29.0 Å². The average molecular weight is 350 g/mol. The smallest absolute Gasteiger partial charge is 0.265 e. The lowest BCUT2D eigenvalue weighted by Crippen LogP contribution is -2.36. The van der Waals surface area contributed by atoms with Crippen LogP contribution in [0.2, 0.25) is 0 Å². The first kappa shape index (κ1) is 16.0. The first-order chi connectivity index (χ1) is 12.1. The van der Waals surface area contributed by atoms with Crippen molar-refractivity contribution in [2.75, 3.05) is 18.5 Å². The number of hydrogen-bond acceptors (Lipinski definition) is 3. The second-order valence-corrected chi connectivity index (χ2v) is 7.30. The highest BCUT2D eigenvalue weighted by Gasteiger charge is 2.28. The lowest BCUT2D eigenvalue weighted by molar-refractivity contribution is -0.127. The molecular formula is C20H18N2O2S. The fraction of sp³-hybridized carbons (Fsp3) is 0.200. The standard InChI is InChI=1S/C20H18N2O2S/c1-21-16-8-4-5-9-17(16)25-18(20(21)24)12-19(23)22-11-10-14-6-2-3-7-15(14)13-22/h2-9,12H,10-11,13H2,1H3/b18-12+. The van der Waals surface area contributed by atoms with Gasteiger partial charge < -0.3 is 9.80 Å². The summed E-state index contributed by atoms with van der Waals surface area (Å²) in [5, 5.41) is 0. The normalized spacial score (nSPS) is 18.1. The van der Waals surface area contributed by atoms with Crippen molar-refractivity contribution in [1.29, 1.82) is 0 Å². The molecule has 4 nitrogen and oxygen atoms in total. The fourth-order valence-electron chi connectivity index (χ4n) is 3.24. The molecule has 0 atom stereocenters. The molecule has 2 aromatic rings. The third-order valence-corrected chi connectivity index (χ3v) is 5.74. The highest BCUT2D eigenvalue weighted by Crippen LogP contribution is 2.40. The Bertz CT molecular complexity index is 891. The topological polar surface area (TPSA) is 40.6 Å². The van der Waals surface area contributed by atoms with Crippen molar-refractivity contribution in [2.24, 2.45) is 0 Å². The van der Waals surface area contributed by atoms with Gasteiger partial charge in [-0.3, -0.25) is 9.59 Å². The van der Waals surface area contributed by atoms with E-state index in [9.17, 15) is 9.59 Å². The molecule has 2 aliphatic rings. The van der Waals surface area contributed by atoms with Gasteiger partial charge in [0.05, 0.1) is 10.6 Å². The number of hydrogen-bond donors (Lipinski definition) is 0. The Morgan fingerprint density at radius 1 is 1.08 bits per heavy atom. The first-order valence-corrected chi connectivity index (χ1v) is 9.07. The molecule has 4 rings (SSSR count). The van der Waals surface area contributed by atoms with E-state index < -0.39 is 0 Å². The molecule has 0 bridgehead atoms. The third kappa shape index (κ3) is 2.96. The van der Waals surface area contributed by atoms with E-state index in [0.29, 0.717) is 18.0 Å². The number of carbonyl (C=O) groups is 2. The molecule has 0 spiro atoms. The number of benzene rings is 2. The van der Waals surface area contributed by atoms with Crippen LogP contribution < -0.4 is 4.90 Å². The van der Waals surface area contributed by atoms with Crippen LogP contribution in [-0.4, -0.2) is 30.3 Å². The zero-order valence-corrected chi connectivity index (χ0v) is 14.8. The van der Waals surface area contributed by atoms with Crippen molar-refractivity contribution in [3.8, 4) is 0 Å². The van der Waals surface area contributed by atoms with E-state index in [2.05, 4.69) is 12.1 Å². The monoisotopic (exact) mass is 350 g/mol. The number of rotatable bonds is 1. The highest BCUT2D eigenvalue weighted by atomic mass is 32.2. The van der Waals surface area contributed by atoms with Crippen molar-refractivity contribution in [1.82, 2.24) is 4.90 Å². The number of fused-ring (bicyclic) bond motifs is 2. The molecule has 0 N–H and O–H groups in total. The maximum Gasteiger partial charge on any atom is 0.265 e. The lowest BCUT2D eigenvalue weighted by Gasteiger charge is -2.29. The Morgan fingerprint density at radius 2 is 1.80 bits per heavy atom. The number of carbonyl (C=O) groups excluding carboxylic acids is 2. The summed E-state index contributed by atoms with van der Waals surface area (Å²) >= 11 is 1.37. The summed E-state index contributed by atoms with van der Waals surface area (Å²) in [6.07, 6.45) is 2.35. The van der Waals surface area contributed by atoms with Gasteiger partial charge in [-0.1, -0.05) is 48.2 Å². The largest absolute Gasteiger partial charge is 0.334 e. The number of likely N-dealkylation sites (N-methyl/N-ethyl adjacent to an activating group) is 1. The zero-order valence-electron chi connectivity index (χ0n) is 13.9. The van der Waals surface area contributed by atoms with E-state index >= 15 is 0 Å². The van der Waals surface area contributed by atoms with Crippen molar-refractivity contribution < 1.29 is 9.59 Å². The molecule has 2 amide bonds. The molecule has 0 unspecified atom stereocenters. The molecule has 25 heavy (non-hydrogen) atoms. The second-order valence-electron chi connectivity index (χ2n) is 6.22. The Hall–Kier alpha value is -2.53. The number of para-hydroxylation sites is 1. The maximum atomic E-state index is 12.7. The Labute approximate surface area is 151 Å². The van der Waals surface area contributed by atoms with Gasteiger partial charge in [-0.2, -0.15) is 0 Å². The predicted molar refractivity (Wildman–Crippen MR) is 99.4 cm³/mol. The predicted octanol–water partition coefficient (Wildman–Crippen LogP) is 3.22. The quantitative estimate of drug-likeness (QED) is 0.742. The molecule has 5 heteroatoms. The van der Waals surface area contributed by atoms with Gasteiger partial charge in [0.25, 0.3) is 5.91 Å². The summed E-state index contributed by atoms with van der Waals surface area (Å²) in [4.78, 5) is 30.2. The van der Waals surface area contributed by atoms with Crippen LogP contribution in [0.1, 0.15) is 11.1 Å². The molecule has 0 radical (unpaired) electrons. The van der Waals surface area contributed by atoms with Gasteiger partial charge in [0.2, 0.25) is 5.91 Å². The average Bonchev–Trinajstić information content (AvgIpc) is 2.65. The van der Waals surface area contributed by atoms with Gasteiger partial charge in [0.15, 0.2) is 0 Å². The van der Waals surface area contributed by atoms with Gasteiger partial charge in [-0.15, -0.1) is 0 Å². The Morgan fingerprint density at radius 3 is 2.64 bits per heavy atom. The van der Waals surface area contributed by atoms with Crippen LogP contribution in [0.3, 0.4) is 0 Å². The van der Waals surface area contributed by atoms with Crippen LogP contribution in [0.15, 0.2) is 64.4 Å². The molecule has 2 aromatic carbocycles. The van der Waals surface area contributed by atoms with Crippen LogP contribution in [0, 0.1) is 0 Å². The first-order valence-electron chi connectivity index (χ1n) is 8.26. The Balaban J connectivity index is 1.57. The van der Waals surface area contributed by atoms with Crippen molar-refractivity contribution in [2.45, 2.75) is 17.9 Å². The lowest BCUT2D eigenvalue weighted by atomic mass is 10.00. The molecule has 2 aliphatic heterocycles. The van der Waals surface area contributed by atoms with Gasteiger partial charge in [-0.25, -0.2) is 0 Å². The molecule has 0 saturated carbocycles. The summed E-state index contributed by atoms with van der Waals surface area (Å²) in [6.45, 7) is 1.29. The number of thioether (sulfide) groups is 1. The van der Waals surface area contributed by atoms with Crippen LogP contribution in [0.25, 0.3) is 0 Å². The third-order valence-electron chi connectivity index (χ3n) is 4.66. The molecule has 0 aromatic heterocycles. The summed E-state index contributed by atoms with van der Waals surface area (Å²) in [6, 6.07) is 15.9. The van der Waals surface area contributed by atoms with Crippen LogP contribution in [0.5, 0.6) is 0 Å². The van der Waals surface area contributed by atoms with Gasteiger partial charge in [0, 0.05) is 31.1 Å². The Kier molecular flexibility index (Phi) is 4.09. The summed E-state index contributed by atoms with van der Waals surface area (Å²) < 4.78 is 0. The summed E-state index contributed by atoms with van der Waals surface area (Å²) in [5.41, 5.74) is 3.37. The van der Waals surface area contributed by atoms with Gasteiger partial charge in [0.1, 0.15) is 0 Å². The van der Waals surface area contributed by atoms with Gasteiger partial charge in [-0.05, 0) is 29.7 Å². The SMILES string of the molecule is CN1C(=O)/C(=C\C(=O)N2CCc3ccccc3C2)Sc2ccccc21. The van der Waals surface area contributed by atoms with Crippen molar-refractivity contribution in [3.63, 3.8) is 0 Å². The summed E-state index contributed by atoms with van der Waals surface area (Å²) in [7, 11) is 1.75.